The summed E-state index contributed by atoms with van der Waals surface area (Å²) in [7, 11) is 0. The first-order valence-electron chi connectivity index (χ1n) is 4.77. The summed E-state index contributed by atoms with van der Waals surface area (Å²) in [4.78, 5) is 16.4. The van der Waals surface area contributed by atoms with Crippen molar-refractivity contribution < 1.29 is 9.53 Å². The summed E-state index contributed by atoms with van der Waals surface area (Å²) < 4.78 is 5.64. The molecule has 0 bridgehead atoms. The lowest BCUT2D eigenvalue weighted by Crippen LogP contribution is -2.26. The number of amides is 1. The zero-order valence-corrected chi connectivity index (χ0v) is 8.85. The molecule has 0 spiro atoms. The van der Waals surface area contributed by atoms with Crippen molar-refractivity contribution in [1.29, 1.82) is 0 Å². The van der Waals surface area contributed by atoms with Gasteiger partial charge in [-0.3, -0.25) is 9.78 Å². The fourth-order valence-corrected chi connectivity index (χ4v) is 1.75. The van der Waals surface area contributed by atoms with E-state index in [1.807, 2.05) is 12.1 Å². The van der Waals surface area contributed by atoms with Gasteiger partial charge in [0.2, 0.25) is 0 Å². The van der Waals surface area contributed by atoms with Crippen LogP contribution in [0.25, 0.3) is 0 Å². The Labute approximate surface area is 92.8 Å². The first-order chi connectivity index (χ1) is 7.25. The molecular formula is C10H11ClN2O2. The van der Waals surface area contributed by atoms with Crippen LogP contribution < -0.4 is 4.74 Å². The molecule has 1 amide bonds. The van der Waals surface area contributed by atoms with Gasteiger partial charge in [0.15, 0.2) is 0 Å². The van der Waals surface area contributed by atoms with Crippen LogP contribution in [-0.2, 0) is 0 Å². The number of hydrogen-bond donors (Lipinski definition) is 0. The van der Waals surface area contributed by atoms with Crippen LogP contribution in [-0.4, -0.2) is 34.4 Å². The van der Waals surface area contributed by atoms with Crippen LogP contribution in [0.5, 0.6) is 5.75 Å². The monoisotopic (exact) mass is 226 g/mol. The summed E-state index contributed by atoms with van der Waals surface area (Å²) in [6.07, 6.45) is 4.19. The molecule has 1 saturated heterocycles. The van der Waals surface area contributed by atoms with E-state index >= 15 is 0 Å². The zero-order valence-electron chi connectivity index (χ0n) is 8.10. The molecule has 0 aliphatic carbocycles. The van der Waals surface area contributed by atoms with Gasteiger partial charge >= 0.3 is 5.37 Å². The molecule has 2 heterocycles. The molecular weight excluding hydrogens is 216 g/mol. The van der Waals surface area contributed by atoms with Gasteiger partial charge in [-0.05, 0) is 23.7 Å². The van der Waals surface area contributed by atoms with E-state index in [4.69, 9.17) is 16.3 Å². The third-order valence-electron chi connectivity index (χ3n) is 2.33. The van der Waals surface area contributed by atoms with E-state index in [0.717, 1.165) is 12.2 Å². The Morgan fingerprint density at radius 1 is 1.67 bits per heavy atom. The molecule has 1 aliphatic rings. The number of rotatable bonds is 2. The molecule has 0 N–H and O–H groups in total. The largest absolute Gasteiger partial charge is 0.487 e. The minimum absolute atomic E-state index is 0.0249. The van der Waals surface area contributed by atoms with Crippen LogP contribution in [0.4, 0.5) is 4.79 Å². The van der Waals surface area contributed by atoms with Gasteiger partial charge in [-0.1, -0.05) is 0 Å². The molecule has 0 saturated carbocycles. The van der Waals surface area contributed by atoms with E-state index in [2.05, 4.69) is 4.98 Å². The van der Waals surface area contributed by atoms with Crippen molar-refractivity contribution >= 4 is 17.0 Å². The Kier molecular flexibility index (Phi) is 3.06. The molecule has 0 aromatic carbocycles. The second-order valence-electron chi connectivity index (χ2n) is 3.42. The molecule has 1 atom stereocenters. The van der Waals surface area contributed by atoms with E-state index in [-0.39, 0.29) is 6.10 Å². The lowest BCUT2D eigenvalue weighted by Gasteiger charge is -2.14. The van der Waals surface area contributed by atoms with Gasteiger partial charge in [0, 0.05) is 19.2 Å². The third-order valence-corrected chi connectivity index (χ3v) is 2.57. The van der Waals surface area contributed by atoms with Crippen LogP contribution >= 0.6 is 11.6 Å². The number of halogens is 1. The van der Waals surface area contributed by atoms with Crippen molar-refractivity contribution in [3.8, 4) is 5.75 Å². The predicted molar refractivity (Wildman–Crippen MR) is 56.1 cm³/mol. The average molecular weight is 227 g/mol. The second kappa shape index (κ2) is 4.49. The number of carbonyl (C=O) groups is 1. The fraction of sp³-hybridized carbons (Fsp3) is 0.400. The Balaban J connectivity index is 1.90. The summed E-state index contributed by atoms with van der Waals surface area (Å²) in [5.74, 6) is 0.728. The summed E-state index contributed by atoms with van der Waals surface area (Å²) >= 11 is 5.37. The van der Waals surface area contributed by atoms with Gasteiger partial charge in [-0.15, -0.1) is 0 Å². The average Bonchev–Trinajstić information content (AvgIpc) is 2.68. The molecule has 4 nitrogen and oxygen atoms in total. The van der Waals surface area contributed by atoms with Crippen molar-refractivity contribution in [2.75, 3.05) is 13.1 Å². The lowest BCUT2D eigenvalue weighted by atomic mass is 10.3. The van der Waals surface area contributed by atoms with Crippen molar-refractivity contribution in [2.24, 2.45) is 0 Å². The van der Waals surface area contributed by atoms with Crippen molar-refractivity contribution in [3.63, 3.8) is 0 Å². The maximum atomic E-state index is 10.9. The van der Waals surface area contributed by atoms with Gasteiger partial charge < -0.3 is 9.64 Å². The van der Waals surface area contributed by atoms with Crippen LogP contribution in [0, 0.1) is 0 Å². The molecule has 2 rings (SSSR count). The third kappa shape index (κ3) is 2.59. The normalized spacial score (nSPS) is 20.3. The number of hydrogen-bond acceptors (Lipinski definition) is 3. The highest BCUT2D eigenvalue weighted by atomic mass is 35.5. The van der Waals surface area contributed by atoms with Gasteiger partial charge in [0.25, 0.3) is 0 Å². The topological polar surface area (TPSA) is 42.4 Å². The Bertz CT molecular complexity index is 345. The molecule has 1 unspecified atom stereocenters. The van der Waals surface area contributed by atoms with Crippen LogP contribution in [0.15, 0.2) is 24.5 Å². The Morgan fingerprint density at radius 3 is 3.13 bits per heavy atom. The first-order valence-corrected chi connectivity index (χ1v) is 5.14. The standard InChI is InChI=1S/C10H11ClN2O2/c11-10(14)13-5-3-9(7-13)15-8-2-1-4-12-6-8/h1-2,4,6,9H,3,5,7H2. The minimum atomic E-state index is -0.410. The molecule has 15 heavy (non-hydrogen) atoms. The minimum Gasteiger partial charge on any atom is -0.487 e. The number of carbonyl (C=O) groups excluding carboxylic acids is 1. The maximum Gasteiger partial charge on any atom is 0.316 e. The van der Waals surface area contributed by atoms with E-state index in [1.54, 1.807) is 17.3 Å². The summed E-state index contributed by atoms with van der Waals surface area (Å²) in [6.45, 7) is 1.21. The van der Waals surface area contributed by atoms with E-state index in [9.17, 15) is 4.79 Å². The number of nitrogens with zero attached hydrogens (tertiary/aromatic N) is 2. The lowest BCUT2D eigenvalue weighted by molar-refractivity contribution is 0.199. The van der Waals surface area contributed by atoms with Gasteiger partial charge in [-0.25, -0.2) is 0 Å². The van der Waals surface area contributed by atoms with Crippen LogP contribution in [0.3, 0.4) is 0 Å². The smallest absolute Gasteiger partial charge is 0.316 e. The van der Waals surface area contributed by atoms with Crippen LogP contribution in [0.2, 0.25) is 0 Å². The molecule has 80 valence electrons. The van der Waals surface area contributed by atoms with Gasteiger partial charge in [-0.2, -0.15) is 0 Å². The van der Waals surface area contributed by atoms with E-state index in [1.165, 1.54) is 0 Å². The molecule has 0 radical (unpaired) electrons. The van der Waals surface area contributed by atoms with Gasteiger partial charge in [0.1, 0.15) is 11.9 Å². The molecule has 1 aromatic rings. The molecule has 1 fully saturated rings. The zero-order chi connectivity index (χ0) is 10.7. The highest BCUT2D eigenvalue weighted by molar-refractivity contribution is 6.62. The highest BCUT2D eigenvalue weighted by Gasteiger charge is 2.26. The Morgan fingerprint density at radius 2 is 2.53 bits per heavy atom. The maximum absolute atomic E-state index is 10.9. The van der Waals surface area contributed by atoms with Crippen molar-refractivity contribution in [2.45, 2.75) is 12.5 Å². The number of aromatic nitrogens is 1. The molecule has 5 heteroatoms. The SMILES string of the molecule is O=C(Cl)N1CCC(Oc2cccnc2)C1. The quantitative estimate of drug-likeness (QED) is 0.571. The summed E-state index contributed by atoms with van der Waals surface area (Å²) in [6, 6.07) is 3.66. The second-order valence-corrected chi connectivity index (χ2v) is 3.74. The Hall–Kier alpha value is -1.29. The predicted octanol–water partition coefficient (Wildman–Crippen LogP) is 1.89. The number of ether oxygens (including phenoxy) is 1. The van der Waals surface area contributed by atoms with Crippen molar-refractivity contribution in [3.05, 3.63) is 24.5 Å². The molecule has 1 aliphatic heterocycles. The van der Waals surface area contributed by atoms with Gasteiger partial charge in [0.05, 0.1) is 12.7 Å². The van der Waals surface area contributed by atoms with Crippen molar-refractivity contribution in [1.82, 2.24) is 9.88 Å². The first kappa shape index (κ1) is 10.2. The van der Waals surface area contributed by atoms with E-state index in [0.29, 0.717) is 13.1 Å². The van der Waals surface area contributed by atoms with Crippen LogP contribution in [0.1, 0.15) is 6.42 Å². The highest BCUT2D eigenvalue weighted by Crippen LogP contribution is 2.18. The number of pyridine rings is 1. The number of likely N-dealkylation sites (tertiary alicyclic amines) is 1. The summed E-state index contributed by atoms with van der Waals surface area (Å²) in [5.41, 5.74) is 0. The summed E-state index contributed by atoms with van der Waals surface area (Å²) in [5, 5.41) is -0.410. The molecule has 1 aromatic heterocycles. The fourth-order valence-electron chi connectivity index (χ4n) is 1.59. The van der Waals surface area contributed by atoms with E-state index < -0.39 is 5.37 Å².